The number of carboxylic acids is 1. The van der Waals surface area contributed by atoms with Gasteiger partial charge in [-0.3, -0.25) is 9.48 Å². The first kappa shape index (κ1) is 14.7. The average molecular weight is 275 g/mol. The van der Waals surface area contributed by atoms with E-state index in [1.54, 1.807) is 13.8 Å². The van der Waals surface area contributed by atoms with E-state index in [1.807, 2.05) is 6.92 Å². The number of nitrogens with zero attached hydrogens (tertiary/aromatic N) is 2. The third-order valence-electron chi connectivity index (χ3n) is 2.51. The number of hydrogen-bond donors (Lipinski definition) is 2. The Kier molecular flexibility index (Phi) is 4.12. The number of carbonyl (C=O) groups is 1. The van der Waals surface area contributed by atoms with Gasteiger partial charge in [0.25, 0.3) is 0 Å². The van der Waals surface area contributed by atoms with Gasteiger partial charge in [-0.05, 0) is 20.3 Å². The van der Waals surface area contributed by atoms with E-state index < -0.39 is 21.5 Å². The first-order chi connectivity index (χ1) is 8.16. The predicted octanol–water partition coefficient (Wildman–Crippen LogP) is 0.435. The minimum Gasteiger partial charge on any atom is -0.480 e. The normalized spacial score (nSPS) is 12.6. The number of carboxylic acid groups (broad SMARTS) is 1. The summed E-state index contributed by atoms with van der Waals surface area (Å²) >= 11 is 0. The van der Waals surface area contributed by atoms with Crippen LogP contribution >= 0.6 is 0 Å². The maximum atomic E-state index is 12.0. The van der Waals surface area contributed by atoms with Crippen LogP contribution in [-0.2, 0) is 21.4 Å². The number of nitrogens with one attached hydrogen (secondary N) is 1. The van der Waals surface area contributed by atoms with Crippen LogP contribution in [0.3, 0.4) is 0 Å². The molecular weight excluding hydrogens is 258 g/mol. The fourth-order valence-electron chi connectivity index (χ4n) is 1.20. The molecule has 0 atom stereocenters. The van der Waals surface area contributed by atoms with Crippen LogP contribution in [-0.4, -0.2) is 34.8 Å². The van der Waals surface area contributed by atoms with Gasteiger partial charge in [-0.1, -0.05) is 6.92 Å². The monoisotopic (exact) mass is 275 g/mol. The summed E-state index contributed by atoms with van der Waals surface area (Å²) in [5.41, 5.74) is -0.562. The second kappa shape index (κ2) is 5.07. The molecule has 0 unspecified atom stereocenters. The highest BCUT2D eigenvalue weighted by atomic mass is 32.2. The van der Waals surface area contributed by atoms with Crippen LogP contribution in [0.5, 0.6) is 0 Å². The summed E-state index contributed by atoms with van der Waals surface area (Å²) in [6.45, 7) is 5.04. The molecule has 0 amide bonds. The molecule has 0 spiro atoms. The van der Waals surface area contributed by atoms with E-state index in [0.717, 1.165) is 10.9 Å². The first-order valence-electron chi connectivity index (χ1n) is 5.44. The van der Waals surface area contributed by atoms with Gasteiger partial charge in [0.05, 0.1) is 6.20 Å². The van der Waals surface area contributed by atoms with E-state index >= 15 is 0 Å². The smallest absolute Gasteiger partial charge is 0.325 e. The largest absolute Gasteiger partial charge is 0.480 e. The maximum Gasteiger partial charge on any atom is 0.325 e. The number of rotatable bonds is 6. The Labute approximate surface area is 106 Å². The molecule has 0 bridgehead atoms. The van der Waals surface area contributed by atoms with Gasteiger partial charge in [-0.25, -0.2) is 13.1 Å². The zero-order valence-corrected chi connectivity index (χ0v) is 11.4. The molecule has 18 heavy (non-hydrogen) atoms. The third-order valence-corrected chi connectivity index (χ3v) is 4.16. The maximum absolute atomic E-state index is 12.0. The molecule has 0 radical (unpaired) electrons. The van der Waals surface area contributed by atoms with Gasteiger partial charge in [0.2, 0.25) is 10.0 Å². The fourth-order valence-corrected chi connectivity index (χ4v) is 2.64. The predicted molar refractivity (Wildman–Crippen MR) is 64.6 cm³/mol. The Morgan fingerprint density at radius 2 is 2.17 bits per heavy atom. The van der Waals surface area contributed by atoms with Crippen molar-refractivity contribution in [2.24, 2.45) is 0 Å². The Morgan fingerprint density at radius 3 is 2.67 bits per heavy atom. The van der Waals surface area contributed by atoms with E-state index in [1.165, 1.54) is 6.20 Å². The third kappa shape index (κ3) is 3.81. The lowest BCUT2D eigenvalue weighted by Crippen LogP contribution is -2.42. The van der Waals surface area contributed by atoms with Crippen molar-refractivity contribution in [3.05, 3.63) is 12.4 Å². The molecule has 0 aromatic carbocycles. The Balaban J connectivity index is 2.92. The number of aliphatic carboxylic acids is 1. The van der Waals surface area contributed by atoms with Gasteiger partial charge < -0.3 is 5.11 Å². The molecule has 0 saturated carbocycles. The van der Waals surface area contributed by atoms with Gasteiger partial charge in [0.1, 0.15) is 11.4 Å². The van der Waals surface area contributed by atoms with Gasteiger partial charge in [0.15, 0.2) is 0 Å². The highest BCUT2D eigenvalue weighted by Crippen LogP contribution is 2.14. The fraction of sp³-hybridized carbons (Fsp3) is 0.600. The minimum absolute atomic E-state index is 0.0368. The van der Waals surface area contributed by atoms with E-state index in [0.29, 0.717) is 6.42 Å². The van der Waals surface area contributed by atoms with E-state index in [2.05, 4.69) is 9.82 Å². The number of hydrogen-bond acceptors (Lipinski definition) is 4. The molecule has 7 nitrogen and oxygen atoms in total. The summed E-state index contributed by atoms with van der Waals surface area (Å²) in [6.07, 6.45) is 2.97. The molecule has 1 aromatic heterocycles. The van der Waals surface area contributed by atoms with Crippen molar-refractivity contribution in [2.75, 3.05) is 0 Å². The highest BCUT2D eigenvalue weighted by molar-refractivity contribution is 7.89. The van der Waals surface area contributed by atoms with Crippen molar-refractivity contribution in [1.82, 2.24) is 14.5 Å². The van der Waals surface area contributed by atoms with Crippen LogP contribution in [0.15, 0.2) is 17.3 Å². The van der Waals surface area contributed by atoms with Crippen molar-refractivity contribution in [3.8, 4) is 0 Å². The van der Waals surface area contributed by atoms with Crippen LogP contribution in [0.1, 0.15) is 27.2 Å². The van der Waals surface area contributed by atoms with Crippen LogP contribution < -0.4 is 4.72 Å². The average Bonchev–Trinajstić information content (AvgIpc) is 2.64. The topological polar surface area (TPSA) is 101 Å². The molecule has 1 heterocycles. The number of aromatic nitrogens is 2. The Bertz CT molecular complexity index is 533. The lowest BCUT2D eigenvalue weighted by atomic mass is 10.0. The molecular formula is C10H17N3O4S. The van der Waals surface area contributed by atoms with Crippen LogP contribution in [0.25, 0.3) is 0 Å². The molecule has 0 aliphatic rings. The summed E-state index contributed by atoms with van der Waals surface area (Å²) in [6, 6.07) is 0. The van der Waals surface area contributed by atoms with Crippen molar-refractivity contribution >= 4 is 16.0 Å². The van der Waals surface area contributed by atoms with E-state index in [-0.39, 0.29) is 11.4 Å². The van der Waals surface area contributed by atoms with Gasteiger partial charge in [0, 0.05) is 11.7 Å². The summed E-state index contributed by atoms with van der Waals surface area (Å²) < 4.78 is 27.6. The molecule has 102 valence electrons. The molecule has 0 saturated heterocycles. The lowest BCUT2D eigenvalue weighted by Gasteiger charge is -2.23. The Morgan fingerprint density at radius 1 is 1.56 bits per heavy atom. The van der Waals surface area contributed by atoms with Crippen LogP contribution in [0.2, 0.25) is 0 Å². The molecule has 0 aliphatic heterocycles. The van der Waals surface area contributed by atoms with Crippen molar-refractivity contribution < 1.29 is 18.3 Å². The number of sulfonamides is 1. The summed E-state index contributed by atoms with van der Waals surface area (Å²) in [7, 11) is -3.67. The summed E-state index contributed by atoms with van der Waals surface area (Å²) in [5.74, 6) is -1.08. The van der Waals surface area contributed by atoms with Crippen molar-refractivity contribution in [3.63, 3.8) is 0 Å². The summed E-state index contributed by atoms with van der Waals surface area (Å²) in [4.78, 5) is 10.4. The van der Waals surface area contributed by atoms with Gasteiger partial charge in [-0.2, -0.15) is 5.10 Å². The quantitative estimate of drug-likeness (QED) is 0.784. The molecule has 2 N–H and O–H groups in total. The highest BCUT2D eigenvalue weighted by Gasteiger charge is 2.25. The molecule has 0 aliphatic carbocycles. The lowest BCUT2D eigenvalue weighted by molar-refractivity contribution is -0.137. The van der Waals surface area contributed by atoms with Crippen molar-refractivity contribution in [2.45, 2.75) is 44.2 Å². The molecule has 1 rings (SSSR count). The van der Waals surface area contributed by atoms with Gasteiger partial charge in [-0.15, -0.1) is 0 Å². The Hall–Kier alpha value is -1.41. The van der Waals surface area contributed by atoms with Gasteiger partial charge >= 0.3 is 5.97 Å². The first-order valence-corrected chi connectivity index (χ1v) is 6.93. The zero-order chi connectivity index (χ0) is 14.0. The molecule has 1 aromatic rings. The van der Waals surface area contributed by atoms with Crippen molar-refractivity contribution in [1.29, 1.82) is 0 Å². The van der Waals surface area contributed by atoms with E-state index in [9.17, 15) is 13.2 Å². The minimum atomic E-state index is -3.67. The SMILES string of the molecule is CCC(C)(C)NS(=O)(=O)c1cnn(CC(=O)O)c1. The zero-order valence-electron chi connectivity index (χ0n) is 10.5. The molecule has 0 fully saturated rings. The molecule has 8 heteroatoms. The van der Waals surface area contributed by atoms with E-state index in [4.69, 9.17) is 5.11 Å². The second-order valence-corrected chi connectivity index (χ2v) is 6.29. The summed E-state index contributed by atoms with van der Waals surface area (Å²) in [5, 5.41) is 12.3. The second-order valence-electron chi connectivity index (χ2n) is 4.61. The van der Waals surface area contributed by atoms with Crippen LogP contribution in [0, 0.1) is 0 Å². The van der Waals surface area contributed by atoms with Crippen LogP contribution in [0.4, 0.5) is 0 Å². The standard InChI is InChI=1S/C10H17N3O4S/c1-4-10(2,3)12-18(16,17)8-5-11-13(6-8)7-9(14)15/h5-6,12H,4,7H2,1-3H3,(H,14,15).